The van der Waals surface area contributed by atoms with E-state index in [1.807, 2.05) is 32.0 Å². The average molecular weight is 379 g/mol. The number of aromatic amines is 1. The number of H-pyrrole nitrogens is 1. The molecule has 7 nitrogen and oxygen atoms in total. The molecule has 2 N–H and O–H groups in total. The molecule has 3 rings (SSSR count). The Kier molecular flexibility index (Phi) is 5.54. The van der Waals surface area contributed by atoms with Gasteiger partial charge in [0.15, 0.2) is 6.10 Å². The molecule has 0 aliphatic carbocycles. The number of anilines is 1. The number of nitrogens with zero attached hydrogens (tertiary/aromatic N) is 1. The number of hydrogen-bond donors (Lipinski definition) is 2. The van der Waals surface area contributed by atoms with Gasteiger partial charge in [-0.05, 0) is 44.0 Å². The van der Waals surface area contributed by atoms with Crippen LogP contribution in [0.15, 0.2) is 47.3 Å². The number of esters is 1. The lowest BCUT2D eigenvalue weighted by Gasteiger charge is -2.15. The fourth-order valence-corrected chi connectivity index (χ4v) is 2.84. The Morgan fingerprint density at radius 3 is 2.61 bits per heavy atom. The van der Waals surface area contributed by atoms with Gasteiger partial charge in [0.25, 0.3) is 11.5 Å². The number of ether oxygens (including phenoxy) is 1. The van der Waals surface area contributed by atoms with Gasteiger partial charge in [-0.15, -0.1) is 0 Å². The van der Waals surface area contributed by atoms with Crippen LogP contribution in [0.2, 0.25) is 0 Å². The summed E-state index contributed by atoms with van der Waals surface area (Å²) in [5.74, 6) is -1.02. The lowest BCUT2D eigenvalue weighted by Crippen LogP contribution is -2.31. The molecule has 0 aliphatic rings. The maximum absolute atomic E-state index is 12.4. The Morgan fingerprint density at radius 2 is 1.86 bits per heavy atom. The molecule has 3 aromatic rings. The Balaban J connectivity index is 1.68. The van der Waals surface area contributed by atoms with E-state index in [2.05, 4.69) is 15.5 Å². The van der Waals surface area contributed by atoms with E-state index < -0.39 is 18.0 Å². The Labute approximate surface area is 161 Å². The molecule has 7 heteroatoms. The third kappa shape index (κ3) is 4.25. The SMILES string of the molecule is Cc1ccc(C)c(NC(=O)[C@@H](C)OC(=O)Cc2n[nH]c(=O)c3ccccc23)c1. The van der Waals surface area contributed by atoms with Crippen molar-refractivity contribution in [2.24, 2.45) is 0 Å². The molecule has 1 amide bonds. The summed E-state index contributed by atoms with van der Waals surface area (Å²) < 4.78 is 5.25. The quantitative estimate of drug-likeness (QED) is 0.664. The topological polar surface area (TPSA) is 101 Å². The van der Waals surface area contributed by atoms with Gasteiger partial charge in [-0.2, -0.15) is 5.10 Å². The molecule has 0 aliphatic heterocycles. The van der Waals surface area contributed by atoms with Crippen molar-refractivity contribution in [1.82, 2.24) is 10.2 Å². The van der Waals surface area contributed by atoms with E-state index in [1.54, 1.807) is 24.3 Å². The number of carbonyl (C=O) groups excluding carboxylic acids is 2. The highest BCUT2D eigenvalue weighted by Crippen LogP contribution is 2.17. The van der Waals surface area contributed by atoms with Gasteiger partial charge in [-0.3, -0.25) is 14.4 Å². The van der Waals surface area contributed by atoms with E-state index in [9.17, 15) is 14.4 Å². The van der Waals surface area contributed by atoms with Gasteiger partial charge >= 0.3 is 5.97 Å². The van der Waals surface area contributed by atoms with Crippen molar-refractivity contribution in [2.45, 2.75) is 33.3 Å². The van der Waals surface area contributed by atoms with Crippen LogP contribution in [-0.2, 0) is 20.7 Å². The van der Waals surface area contributed by atoms with E-state index in [0.29, 0.717) is 22.2 Å². The largest absolute Gasteiger partial charge is 0.452 e. The highest BCUT2D eigenvalue weighted by atomic mass is 16.5. The van der Waals surface area contributed by atoms with Crippen molar-refractivity contribution in [3.63, 3.8) is 0 Å². The van der Waals surface area contributed by atoms with Gasteiger partial charge in [-0.25, -0.2) is 5.10 Å². The smallest absolute Gasteiger partial charge is 0.312 e. The summed E-state index contributed by atoms with van der Waals surface area (Å²) >= 11 is 0. The van der Waals surface area contributed by atoms with E-state index in [1.165, 1.54) is 6.92 Å². The van der Waals surface area contributed by atoms with Gasteiger partial charge in [0.1, 0.15) is 0 Å². The van der Waals surface area contributed by atoms with Gasteiger partial charge in [-0.1, -0.05) is 30.3 Å². The normalized spacial score (nSPS) is 11.8. The summed E-state index contributed by atoms with van der Waals surface area (Å²) in [6, 6.07) is 12.6. The molecule has 0 saturated heterocycles. The molecule has 0 fully saturated rings. The van der Waals surface area contributed by atoms with Crippen LogP contribution in [0, 0.1) is 13.8 Å². The summed E-state index contributed by atoms with van der Waals surface area (Å²) in [5, 5.41) is 10.1. The molecule has 0 saturated carbocycles. The van der Waals surface area contributed by atoms with Crippen LogP contribution < -0.4 is 10.9 Å². The number of aromatic nitrogens is 2. The number of rotatable bonds is 5. The molecule has 144 valence electrons. The van der Waals surface area contributed by atoms with Gasteiger partial charge < -0.3 is 10.1 Å². The maximum atomic E-state index is 12.4. The van der Waals surface area contributed by atoms with Gasteiger partial charge in [0.2, 0.25) is 0 Å². The summed E-state index contributed by atoms with van der Waals surface area (Å²) in [4.78, 5) is 36.5. The second kappa shape index (κ2) is 8.04. The lowest BCUT2D eigenvalue weighted by molar-refractivity contribution is -0.152. The summed E-state index contributed by atoms with van der Waals surface area (Å²) in [6.07, 6.45) is -1.13. The molecule has 2 aromatic carbocycles. The minimum atomic E-state index is -0.971. The molecule has 28 heavy (non-hydrogen) atoms. The monoisotopic (exact) mass is 379 g/mol. The van der Waals surface area contributed by atoms with Crippen LogP contribution in [0.25, 0.3) is 10.8 Å². The van der Waals surface area contributed by atoms with Crippen LogP contribution in [0.1, 0.15) is 23.7 Å². The first-order valence-electron chi connectivity index (χ1n) is 8.89. The minimum Gasteiger partial charge on any atom is -0.452 e. The van der Waals surface area contributed by atoms with Crippen LogP contribution >= 0.6 is 0 Å². The molecule has 1 aromatic heterocycles. The molecular weight excluding hydrogens is 358 g/mol. The first-order chi connectivity index (χ1) is 13.3. The average Bonchev–Trinajstić information content (AvgIpc) is 2.67. The molecular formula is C21H21N3O4. The number of fused-ring (bicyclic) bond motifs is 1. The molecule has 0 spiro atoms. The van der Waals surface area contributed by atoms with Crippen molar-refractivity contribution in [2.75, 3.05) is 5.32 Å². The Bertz CT molecular complexity index is 1100. The van der Waals surface area contributed by atoms with Crippen molar-refractivity contribution < 1.29 is 14.3 Å². The Hall–Kier alpha value is -3.48. The molecule has 1 atom stereocenters. The summed E-state index contributed by atoms with van der Waals surface area (Å²) in [5.41, 5.74) is 2.68. The zero-order valence-corrected chi connectivity index (χ0v) is 15.9. The number of hydrogen-bond acceptors (Lipinski definition) is 5. The fraction of sp³-hybridized carbons (Fsp3) is 0.238. The zero-order valence-electron chi connectivity index (χ0n) is 15.9. The van der Waals surface area contributed by atoms with Crippen LogP contribution in [0.5, 0.6) is 0 Å². The van der Waals surface area contributed by atoms with Gasteiger partial charge in [0.05, 0.1) is 17.5 Å². The number of carbonyl (C=O) groups is 2. The number of amides is 1. The van der Waals surface area contributed by atoms with Crippen LogP contribution in [0.4, 0.5) is 5.69 Å². The first kappa shape index (κ1) is 19.3. The van der Waals surface area contributed by atoms with Crippen LogP contribution in [-0.4, -0.2) is 28.2 Å². The second-order valence-corrected chi connectivity index (χ2v) is 6.66. The third-order valence-corrected chi connectivity index (χ3v) is 4.42. The standard InChI is InChI=1S/C21H21N3O4/c1-12-8-9-13(2)17(10-12)22-20(26)14(3)28-19(25)11-18-15-6-4-5-7-16(15)21(27)24-23-18/h4-10,14H,11H2,1-3H3,(H,22,26)(H,24,27)/t14-/m1/s1. The van der Waals surface area contributed by atoms with Crippen molar-refractivity contribution in [3.05, 3.63) is 69.6 Å². The van der Waals surface area contributed by atoms with Gasteiger partial charge in [0, 0.05) is 11.1 Å². The zero-order chi connectivity index (χ0) is 20.3. The predicted molar refractivity (Wildman–Crippen MR) is 106 cm³/mol. The van der Waals surface area contributed by atoms with E-state index in [4.69, 9.17) is 4.74 Å². The van der Waals surface area contributed by atoms with E-state index >= 15 is 0 Å². The summed E-state index contributed by atoms with van der Waals surface area (Å²) in [7, 11) is 0. The summed E-state index contributed by atoms with van der Waals surface area (Å²) in [6.45, 7) is 5.33. The predicted octanol–water partition coefficient (Wildman–Crippen LogP) is 2.65. The van der Waals surface area contributed by atoms with Crippen molar-refractivity contribution in [3.8, 4) is 0 Å². The highest BCUT2D eigenvalue weighted by Gasteiger charge is 2.20. The van der Waals surface area contributed by atoms with E-state index in [0.717, 1.165) is 11.1 Å². The second-order valence-electron chi connectivity index (χ2n) is 6.66. The van der Waals surface area contributed by atoms with E-state index in [-0.39, 0.29) is 12.0 Å². The Morgan fingerprint density at radius 1 is 1.14 bits per heavy atom. The third-order valence-electron chi connectivity index (χ3n) is 4.42. The van der Waals surface area contributed by atoms with Crippen molar-refractivity contribution in [1.29, 1.82) is 0 Å². The molecule has 0 radical (unpaired) electrons. The number of aryl methyl sites for hydroxylation is 2. The molecule has 0 unspecified atom stereocenters. The highest BCUT2D eigenvalue weighted by molar-refractivity contribution is 5.96. The maximum Gasteiger partial charge on any atom is 0.312 e. The first-order valence-corrected chi connectivity index (χ1v) is 8.89. The fourth-order valence-electron chi connectivity index (χ4n) is 2.84. The minimum absolute atomic E-state index is 0.154. The number of nitrogens with one attached hydrogen (secondary N) is 2. The molecule has 0 bridgehead atoms. The molecule has 1 heterocycles. The van der Waals surface area contributed by atoms with Crippen molar-refractivity contribution >= 4 is 28.3 Å². The lowest BCUT2D eigenvalue weighted by atomic mass is 10.1. The van der Waals surface area contributed by atoms with Crippen LogP contribution in [0.3, 0.4) is 0 Å². The number of benzene rings is 2.